The lowest BCUT2D eigenvalue weighted by atomic mass is 9.87. The summed E-state index contributed by atoms with van der Waals surface area (Å²) in [5.74, 6) is -1.19. The van der Waals surface area contributed by atoms with Crippen LogP contribution in [0.3, 0.4) is 0 Å². The smallest absolute Gasteiger partial charge is 0.131 e. The number of rotatable bonds is 3. The first-order chi connectivity index (χ1) is 13.2. The Morgan fingerprint density at radius 2 is 1.79 bits per heavy atom. The minimum atomic E-state index is -1.49. The van der Waals surface area contributed by atoms with Crippen molar-refractivity contribution in [1.29, 1.82) is 0 Å². The van der Waals surface area contributed by atoms with E-state index >= 15 is 8.78 Å². The van der Waals surface area contributed by atoms with E-state index in [1.807, 2.05) is 36.1 Å². The Morgan fingerprint density at radius 1 is 1.14 bits per heavy atom. The number of nitrogens with one attached hydrogen (secondary N) is 1. The van der Waals surface area contributed by atoms with Crippen LogP contribution in [0.2, 0.25) is 0 Å². The molecule has 0 saturated heterocycles. The van der Waals surface area contributed by atoms with Crippen LogP contribution in [-0.4, -0.2) is 28.1 Å². The third-order valence-corrected chi connectivity index (χ3v) is 5.57. The van der Waals surface area contributed by atoms with Crippen molar-refractivity contribution in [2.75, 3.05) is 6.54 Å². The number of H-pyrrole nitrogens is 1. The molecular formula is C23H25F3N2. The SMILES string of the molecule is Cc1cc(F)c([C@@H]2c3[nH]c4ccccc4c3C[C@@H](C)N2CC(C)(C)F)c(F)c1. The standard InChI is InChI=1S/C23H25F3N2/c1-13-9-17(24)20(18(25)10-13)22-21-16(15-7-5-6-8-19(15)27-21)11-14(2)28(22)12-23(3,4)26/h5-10,14,22,27H,11-12H2,1-4H3/t14-,22-/m1/s1. The van der Waals surface area contributed by atoms with E-state index in [9.17, 15) is 4.39 Å². The molecule has 0 aliphatic carbocycles. The number of aromatic nitrogens is 1. The van der Waals surface area contributed by atoms with Gasteiger partial charge in [-0.3, -0.25) is 4.90 Å². The molecule has 1 aliphatic rings. The zero-order valence-electron chi connectivity index (χ0n) is 16.6. The van der Waals surface area contributed by atoms with Crippen LogP contribution >= 0.6 is 0 Å². The Bertz CT molecular complexity index is 1010. The molecule has 148 valence electrons. The first kappa shape index (κ1) is 19.1. The Kier molecular flexibility index (Phi) is 4.53. The highest BCUT2D eigenvalue weighted by molar-refractivity contribution is 5.85. The molecule has 3 aromatic rings. The molecule has 5 heteroatoms. The van der Waals surface area contributed by atoms with Crippen molar-refractivity contribution in [2.45, 2.75) is 51.9 Å². The molecule has 2 aromatic carbocycles. The molecule has 0 amide bonds. The Hall–Kier alpha value is -2.27. The predicted molar refractivity (Wildman–Crippen MR) is 106 cm³/mol. The van der Waals surface area contributed by atoms with Crippen LogP contribution < -0.4 is 0 Å². The van der Waals surface area contributed by atoms with Crippen molar-refractivity contribution < 1.29 is 13.2 Å². The number of nitrogens with zero attached hydrogens (tertiary/aromatic N) is 1. The van der Waals surface area contributed by atoms with Gasteiger partial charge < -0.3 is 4.98 Å². The van der Waals surface area contributed by atoms with Gasteiger partial charge in [-0.1, -0.05) is 18.2 Å². The third-order valence-electron chi connectivity index (χ3n) is 5.57. The molecule has 0 bridgehead atoms. The van der Waals surface area contributed by atoms with Crippen molar-refractivity contribution in [1.82, 2.24) is 9.88 Å². The van der Waals surface area contributed by atoms with Crippen molar-refractivity contribution in [3.8, 4) is 0 Å². The first-order valence-corrected chi connectivity index (χ1v) is 9.65. The molecule has 0 fully saturated rings. The van der Waals surface area contributed by atoms with Crippen molar-refractivity contribution in [2.24, 2.45) is 0 Å². The van der Waals surface area contributed by atoms with Gasteiger partial charge in [0.05, 0.1) is 6.04 Å². The number of hydrogen-bond donors (Lipinski definition) is 1. The van der Waals surface area contributed by atoms with E-state index in [4.69, 9.17) is 0 Å². The molecule has 1 aromatic heterocycles. The van der Waals surface area contributed by atoms with Gasteiger partial charge in [-0.25, -0.2) is 13.2 Å². The number of aromatic amines is 1. The lowest BCUT2D eigenvalue weighted by Gasteiger charge is -2.43. The Labute approximate surface area is 163 Å². The summed E-state index contributed by atoms with van der Waals surface area (Å²) in [7, 11) is 0. The number of para-hydroxylation sites is 1. The van der Waals surface area contributed by atoms with E-state index in [1.54, 1.807) is 6.92 Å². The molecular weight excluding hydrogens is 361 g/mol. The highest BCUT2D eigenvalue weighted by Gasteiger charge is 2.40. The van der Waals surface area contributed by atoms with Gasteiger partial charge in [0.25, 0.3) is 0 Å². The number of halogens is 3. The molecule has 0 radical (unpaired) electrons. The third kappa shape index (κ3) is 3.22. The molecule has 2 atom stereocenters. The highest BCUT2D eigenvalue weighted by atomic mass is 19.1. The zero-order chi connectivity index (χ0) is 20.2. The van der Waals surface area contributed by atoms with Gasteiger partial charge in [0.15, 0.2) is 0 Å². The fourth-order valence-corrected chi connectivity index (χ4v) is 4.47. The van der Waals surface area contributed by atoms with Gasteiger partial charge in [-0.05, 0) is 63.4 Å². The summed E-state index contributed by atoms with van der Waals surface area (Å²) >= 11 is 0. The zero-order valence-corrected chi connectivity index (χ0v) is 16.6. The highest BCUT2D eigenvalue weighted by Crippen LogP contribution is 2.43. The number of fused-ring (bicyclic) bond motifs is 3. The molecule has 1 aliphatic heterocycles. The number of aryl methyl sites for hydroxylation is 1. The number of alkyl halides is 1. The maximum atomic E-state index is 15.0. The van der Waals surface area contributed by atoms with Gasteiger partial charge in [-0.2, -0.15) is 0 Å². The van der Waals surface area contributed by atoms with E-state index < -0.39 is 23.3 Å². The van der Waals surface area contributed by atoms with Gasteiger partial charge in [0, 0.05) is 34.7 Å². The van der Waals surface area contributed by atoms with Gasteiger partial charge in [0.1, 0.15) is 17.3 Å². The van der Waals surface area contributed by atoms with Gasteiger partial charge in [-0.15, -0.1) is 0 Å². The summed E-state index contributed by atoms with van der Waals surface area (Å²) in [5, 5.41) is 1.06. The van der Waals surface area contributed by atoms with Crippen LogP contribution in [0.25, 0.3) is 10.9 Å². The fourth-order valence-electron chi connectivity index (χ4n) is 4.47. The second kappa shape index (κ2) is 6.66. The maximum Gasteiger partial charge on any atom is 0.131 e. The van der Waals surface area contributed by atoms with Gasteiger partial charge >= 0.3 is 0 Å². The molecule has 2 nitrogen and oxygen atoms in total. The number of hydrogen-bond acceptors (Lipinski definition) is 1. The lowest BCUT2D eigenvalue weighted by Crippen LogP contribution is -2.48. The van der Waals surface area contributed by atoms with Gasteiger partial charge in [0.2, 0.25) is 0 Å². The van der Waals surface area contributed by atoms with Crippen LogP contribution in [0.5, 0.6) is 0 Å². The minimum absolute atomic E-state index is 0.0193. The minimum Gasteiger partial charge on any atom is -0.357 e. The molecule has 0 saturated carbocycles. The molecule has 0 unspecified atom stereocenters. The summed E-state index contributed by atoms with van der Waals surface area (Å²) in [6.45, 7) is 6.74. The van der Waals surface area contributed by atoms with Crippen molar-refractivity contribution >= 4 is 10.9 Å². The van der Waals surface area contributed by atoms with Crippen LogP contribution in [0.4, 0.5) is 13.2 Å². The molecule has 28 heavy (non-hydrogen) atoms. The largest absolute Gasteiger partial charge is 0.357 e. The quantitative estimate of drug-likeness (QED) is 0.599. The Morgan fingerprint density at radius 3 is 2.43 bits per heavy atom. The summed E-state index contributed by atoms with van der Waals surface area (Å²) in [6, 6.07) is 9.79. The monoisotopic (exact) mass is 386 g/mol. The summed E-state index contributed by atoms with van der Waals surface area (Å²) < 4.78 is 44.7. The summed E-state index contributed by atoms with van der Waals surface area (Å²) in [6.07, 6.45) is 0.695. The van der Waals surface area contributed by atoms with E-state index in [0.29, 0.717) is 12.0 Å². The maximum absolute atomic E-state index is 15.0. The first-order valence-electron chi connectivity index (χ1n) is 9.65. The lowest BCUT2D eigenvalue weighted by molar-refractivity contribution is 0.0643. The molecule has 0 spiro atoms. The van der Waals surface area contributed by atoms with E-state index in [0.717, 1.165) is 22.2 Å². The molecule has 2 heterocycles. The topological polar surface area (TPSA) is 19.0 Å². The fraction of sp³-hybridized carbons (Fsp3) is 0.391. The Balaban J connectivity index is 1.98. The molecule has 1 N–H and O–H groups in total. The summed E-state index contributed by atoms with van der Waals surface area (Å²) in [4.78, 5) is 5.26. The van der Waals surface area contributed by atoms with Crippen LogP contribution in [0.1, 0.15) is 49.2 Å². The average Bonchev–Trinajstić information content (AvgIpc) is 2.94. The van der Waals surface area contributed by atoms with Crippen LogP contribution in [0, 0.1) is 18.6 Å². The summed E-state index contributed by atoms with van der Waals surface area (Å²) in [5.41, 5.74) is 1.75. The van der Waals surface area contributed by atoms with Crippen molar-refractivity contribution in [3.05, 3.63) is 70.4 Å². The van der Waals surface area contributed by atoms with Crippen LogP contribution in [0.15, 0.2) is 36.4 Å². The van der Waals surface area contributed by atoms with E-state index in [2.05, 4.69) is 4.98 Å². The average molecular weight is 386 g/mol. The van der Waals surface area contributed by atoms with E-state index in [1.165, 1.54) is 26.0 Å². The van der Waals surface area contributed by atoms with Crippen LogP contribution in [-0.2, 0) is 6.42 Å². The van der Waals surface area contributed by atoms with E-state index in [-0.39, 0.29) is 18.2 Å². The van der Waals surface area contributed by atoms with Crippen molar-refractivity contribution in [3.63, 3.8) is 0 Å². The predicted octanol–water partition coefficient (Wildman–Crippen LogP) is 5.84. The second-order valence-corrected chi connectivity index (χ2v) is 8.55. The number of benzene rings is 2. The normalized spacial score (nSPS) is 20.5. The molecule has 4 rings (SSSR count). The second-order valence-electron chi connectivity index (χ2n) is 8.55.